The highest BCUT2D eigenvalue weighted by atomic mass is 16.3. The molecule has 96 valence electrons. The number of rotatable bonds is 5. The highest BCUT2D eigenvalue weighted by Gasteiger charge is 2.36. The molecule has 1 unspecified atom stereocenters. The minimum atomic E-state index is 0.400. The van der Waals surface area contributed by atoms with Gasteiger partial charge in [-0.1, -0.05) is 33.1 Å². The average Bonchev–Trinajstić information content (AvgIpc) is 2.84. The van der Waals surface area contributed by atoms with Crippen molar-refractivity contribution in [2.45, 2.75) is 58.4 Å². The summed E-state index contributed by atoms with van der Waals surface area (Å²) in [6.45, 7) is 5.75. The predicted octanol–water partition coefficient (Wildman–Crippen LogP) is 4.29. The van der Waals surface area contributed by atoms with Crippen molar-refractivity contribution in [2.75, 3.05) is 6.54 Å². The molecule has 1 aromatic heterocycles. The molecule has 1 atom stereocenters. The van der Waals surface area contributed by atoms with E-state index < -0.39 is 0 Å². The molecule has 17 heavy (non-hydrogen) atoms. The van der Waals surface area contributed by atoms with Crippen molar-refractivity contribution < 1.29 is 4.42 Å². The van der Waals surface area contributed by atoms with Gasteiger partial charge in [-0.3, -0.25) is 0 Å². The van der Waals surface area contributed by atoms with Gasteiger partial charge in [-0.2, -0.15) is 0 Å². The molecule has 1 N–H and O–H groups in total. The van der Waals surface area contributed by atoms with Crippen molar-refractivity contribution >= 4 is 0 Å². The smallest absolute Gasteiger partial charge is 0.0950 e. The fourth-order valence-corrected chi connectivity index (χ4v) is 3.14. The van der Waals surface area contributed by atoms with E-state index in [1.807, 2.05) is 6.26 Å². The lowest BCUT2D eigenvalue weighted by Crippen LogP contribution is -2.37. The first kappa shape index (κ1) is 12.7. The molecule has 0 radical (unpaired) electrons. The maximum Gasteiger partial charge on any atom is 0.0950 e. The molecule has 2 nitrogen and oxygen atoms in total. The van der Waals surface area contributed by atoms with Crippen LogP contribution in [0.25, 0.3) is 0 Å². The molecule has 0 amide bonds. The predicted molar refractivity (Wildman–Crippen MR) is 70.9 cm³/mol. The lowest BCUT2D eigenvalue weighted by molar-refractivity contribution is 0.144. The fourth-order valence-electron chi connectivity index (χ4n) is 3.14. The van der Waals surface area contributed by atoms with Crippen LogP contribution in [0.15, 0.2) is 23.0 Å². The topological polar surface area (TPSA) is 25.2 Å². The molecule has 0 bridgehead atoms. The molecular weight excluding hydrogens is 210 g/mol. The minimum absolute atomic E-state index is 0.400. The van der Waals surface area contributed by atoms with E-state index in [2.05, 4.69) is 25.2 Å². The van der Waals surface area contributed by atoms with Crippen LogP contribution in [-0.2, 0) is 0 Å². The van der Waals surface area contributed by atoms with Crippen LogP contribution in [0.5, 0.6) is 0 Å². The van der Waals surface area contributed by atoms with E-state index >= 15 is 0 Å². The Balaban J connectivity index is 2.13. The Kier molecular flexibility index (Phi) is 4.27. The summed E-state index contributed by atoms with van der Waals surface area (Å²) in [6.07, 6.45) is 11.7. The zero-order valence-electron chi connectivity index (χ0n) is 11.2. The molecule has 1 heterocycles. The Bertz CT molecular complexity index is 312. The Morgan fingerprint density at radius 3 is 2.71 bits per heavy atom. The van der Waals surface area contributed by atoms with Gasteiger partial charge in [0, 0.05) is 11.6 Å². The first-order valence-corrected chi connectivity index (χ1v) is 7.02. The summed E-state index contributed by atoms with van der Waals surface area (Å²) in [4.78, 5) is 0. The maximum atomic E-state index is 5.27. The second-order valence-corrected chi connectivity index (χ2v) is 5.66. The number of furan rings is 1. The van der Waals surface area contributed by atoms with Gasteiger partial charge in [0.05, 0.1) is 12.5 Å². The summed E-state index contributed by atoms with van der Waals surface area (Å²) < 4.78 is 5.27. The maximum absolute atomic E-state index is 5.27. The summed E-state index contributed by atoms with van der Waals surface area (Å²) in [7, 11) is 0. The summed E-state index contributed by atoms with van der Waals surface area (Å²) >= 11 is 0. The van der Waals surface area contributed by atoms with Crippen LogP contribution in [0.1, 0.15) is 64.0 Å². The van der Waals surface area contributed by atoms with Gasteiger partial charge in [0.15, 0.2) is 0 Å². The van der Waals surface area contributed by atoms with Crippen molar-refractivity contribution in [1.29, 1.82) is 0 Å². The minimum Gasteiger partial charge on any atom is -0.472 e. The quantitative estimate of drug-likeness (QED) is 0.823. The molecule has 0 aromatic carbocycles. The van der Waals surface area contributed by atoms with Gasteiger partial charge >= 0.3 is 0 Å². The molecule has 1 aliphatic rings. The molecule has 1 aromatic rings. The molecule has 2 rings (SSSR count). The van der Waals surface area contributed by atoms with E-state index in [-0.39, 0.29) is 0 Å². The Hall–Kier alpha value is -0.760. The third-order valence-corrected chi connectivity index (χ3v) is 4.17. The molecule has 1 fully saturated rings. The van der Waals surface area contributed by atoms with Crippen molar-refractivity contribution in [1.82, 2.24) is 5.32 Å². The highest BCUT2D eigenvalue weighted by molar-refractivity contribution is 5.15. The van der Waals surface area contributed by atoms with Gasteiger partial charge in [0.2, 0.25) is 0 Å². The molecular formula is C15H25NO. The molecule has 1 aliphatic carbocycles. The zero-order chi connectivity index (χ0) is 12.1. The third kappa shape index (κ3) is 2.92. The first-order valence-electron chi connectivity index (χ1n) is 7.02. The van der Waals surface area contributed by atoms with Crippen LogP contribution in [0.2, 0.25) is 0 Å². The summed E-state index contributed by atoms with van der Waals surface area (Å²) in [5, 5.41) is 3.72. The van der Waals surface area contributed by atoms with Gasteiger partial charge in [0.25, 0.3) is 0 Å². The van der Waals surface area contributed by atoms with Gasteiger partial charge in [-0.25, -0.2) is 0 Å². The van der Waals surface area contributed by atoms with E-state index in [1.54, 1.807) is 6.26 Å². The van der Waals surface area contributed by atoms with E-state index in [0.717, 1.165) is 6.54 Å². The summed E-state index contributed by atoms with van der Waals surface area (Å²) in [6, 6.07) is 2.58. The van der Waals surface area contributed by atoms with Crippen LogP contribution in [0.4, 0.5) is 0 Å². The first-order chi connectivity index (χ1) is 8.26. The van der Waals surface area contributed by atoms with Gasteiger partial charge < -0.3 is 9.73 Å². The summed E-state index contributed by atoms with van der Waals surface area (Å²) in [5.74, 6) is 0. The van der Waals surface area contributed by atoms with E-state index in [1.165, 1.54) is 44.1 Å². The zero-order valence-corrected chi connectivity index (χ0v) is 11.2. The average molecular weight is 235 g/mol. The van der Waals surface area contributed by atoms with Gasteiger partial charge in [0.1, 0.15) is 0 Å². The van der Waals surface area contributed by atoms with Crippen molar-refractivity contribution in [3.05, 3.63) is 24.2 Å². The van der Waals surface area contributed by atoms with Crippen molar-refractivity contribution in [2.24, 2.45) is 5.41 Å². The standard InChI is InChI=1S/C15H25NO/c1-3-10-16-14(13-7-11-17-12-13)15(2)8-5-4-6-9-15/h7,11-12,14,16H,3-6,8-10H2,1-2H3. The highest BCUT2D eigenvalue weighted by Crippen LogP contribution is 2.45. The second kappa shape index (κ2) is 5.72. The van der Waals surface area contributed by atoms with Crippen molar-refractivity contribution in [3.8, 4) is 0 Å². The largest absolute Gasteiger partial charge is 0.472 e. The van der Waals surface area contributed by atoms with Crippen LogP contribution < -0.4 is 5.32 Å². The lowest BCUT2D eigenvalue weighted by atomic mass is 9.69. The SMILES string of the molecule is CCCNC(c1ccoc1)C1(C)CCCCC1. The van der Waals surface area contributed by atoms with Gasteiger partial charge in [-0.05, 0) is 37.3 Å². The Morgan fingerprint density at radius 1 is 1.35 bits per heavy atom. The number of hydrogen-bond donors (Lipinski definition) is 1. The van der Waals surface area contributed by atoms with Crippen LogP contribution >= 0.6 is 0 Å². The van der Waals surface area contributed by atoms with E-state index in [9.17, 15) is 0 Å². The normalized spacial score (nSPS) is 21.3. The van der Waals surface area contributed by atoms with Crippen LogP contribution in [0, 0.1) is 5.41 Å². The van der Waals surface area contributed by atoms with Gasteiger partial charge in [-0.15, -0.1) is 0 Å². The molecule has 0 aliphatic heterocycles. The molecule has 0 spiro atoms. The number of hydrogen-bond acceptors (Lipinski definition) is 2. The molecule has 1 saturated carbocycles. The van der Waals surface area contributed by atoms with Crippen LogP contribution in [-0.4, -0.2) is 6.54 Å². The lowest BCUT2D eigenvalue weighted by Gasteiger charge is -2.41. The Labute approximate surface area is 105 Å². The summed E-state index contributed by atoms with van der Waals surface area (Å²) in [5.41, 5.74) is 1.72. The van der Waals surface area contributed by atoms with Crippen LogP contribution in [0.3, 0.4) is 0 Å². The number of nitrogens with one attached hydrogen (secondary N) is 1. The van der Waals surface area contributed by atoms with E-state index in [4.69, 9.17) is 4.42 Å². The van der Waals surface area contributed by atoms with Crippen molar-refractivity contribution in [3.63, 3.8) is 0 Å². The third-order valence-electron chi connectivity index (χ3n) is 4.17. The van der Waals surface area contributed by atoms with E-state index in [0.29, 0.717) is 11.5 Å². The molecule has 2 heteroatoms. The Morgan fingerprint density at radius 2 is 2.12 bits per heavy atom. The second-order valence-electron chi connectivity index (χ2n) is 5.66. The fraction of sp³-hybridized carbons (Fsp3) is 0.733. The monoisotopic (exact) mass is 235 g/mol. The molecule has 0 saturated heterocycles.